The molecule has 0 aromatic heterocycles. The van der Waals surface area contributed by atoms with Crippen LogP contribution in [-0.2, 0) is 0 Å². The van der Waals surface area contributed by atoms with E-state index in [0.29, 0.717) is 0 Å². The Kier molecular flexibility index (Phi) is 10.4. The Morgan fingerprint density at radius 3 is 1.43 bits per heavy atom. The van der Waals surface area contributed by atoms with Gasteiger partial charge in [-0.2, -0.15) is 0 Å². The van der Waals surface area contributed by atoms with Gasteiger partial charge in [0.15, 0.2) is 0 Å². The zero-order valence-electron chi connectivity index (χ0n) is 10.5. The zero-order valence-corrected chi connectivity index (χ0v) is 11.3. The third kappa shape index (κ3) is 5.29. The fourth-order valence-corrected chi connectivity index (χ4v) is 1.14. The minimum atomic E-state index is 0.864. The van der Waals surface area contributed by atoms with Crippen LogP contribution in [0.3, 0.4) is 0 Å². The Morgan fingerprint density at radius 1 is 0.714 bits per heavy atom. The molecule has 0 unspecified atom stereocenters. The van der Waals surface area contributed by atoms with Gasteiger partial charge in [-0.25, -0.2) is 0 Å². The monoisotopic (exact) mass is 214 g/mol. The van der Waals surface area contributed by atoms with E-state index < -0.39 is 0 Å². The standard InChI is InChI=1S/C9H11Cl.2C2H6/c1-6-4-8(3)9(10)5-7(6)2;2*1-2/h4-5H,1-3H3;2*1-2H3. The van der Waals surface area contributed by atoms with Gasteiger partial charge < -0.3 is 0 Å². The summed E-state index contributed by atoms with van der Waals surface area (Å²) in [5.74, 6) is 0. The van der Waals surface area contributed by atoms with Gasteiger partial charge in [0.05, 0.1) is 0 Å². The van der Waals surface area contributed by atoms with Crippen molar-refractivity contribution >= 4 is 11.6 Å². The molecule has 14 heavy (non-hydrogen) atoms. The second-order valence-electron chi connectivity index (χ2n) is 2.69. The molecule has 1 rings (SSSR count). The molecule has 0 aliphatic heterocycles. The first-order valence-electron chi connectivity index (χ1n) is 5.34. The number of benzene rings is 1. The minimum absolute atomic E-state index is 0.864. The third-order valence-corrected chi connectivity index (χ3v) is 2.18. The maximum absolute atomic E-state index is 5.89. The topological polar surface area (TPSA) is 0 Å². The Labute approximate surface area is 94.3 Å². The van der Waals surface area contributed by atoms with E-state index in [1.165, 1.54) is 11.1 Å². The van der Waals surface area contributed by atoms with E-state index in [9.17, 15) is 0 Å². The van der Waals surface area contributed by atoms with E-state index in [4.69, 9.17) is 11.6 Å². The summed E-state index contributed by atoms with van der Waals surface area (Å²) in [5, 5.41) is 0.864. The molecular formula is C13H23Cl. The summed E-state index contributed by atoms with van der Waals surface area (Å²) in [6.45, 7) is 14.2. The van der Waals surface area contributed by atoms with Crippen LogP contribution < -0.4 is 0 Å². The molecular weight excluding hydrogens is 192 g/mol. The summed E-state index contributed by atoms with van der Waals surface area (Å²) in [4.78, 5) is 0. The Morgan fingerprint density at radius 2 is 1.07 bits per heavy atom. The summed E-state index contributed by atoms with van der Waals surface area (Å²) >= 11 is 5.89. The predicted molar refractivity (Wildman–Crippen MR) is 68.4 cm³/mol. The highest BCUT2D eigenvalue weighted by atomic mass is 35.5. The number of aryl methyl sites for hydroxylation is 3. The summed E-state index contributed by atoms with van der Waals surface area (Å²) in [7, 11) is 0. The minimum Gasteiger partial charge on any atom is -0.0840 e. The van der Waals surface area contributed by atoms with Crippen LogP contribution in [0.4, 0.5) is 0 Å². The van der Waals surface area contributed by atoms with E-state index in [0.717, 1.165) is 10.6 Å². The molecule has 0 atom stereocenters. The van der Waals surface area contributed by atoms with Crippen molar-refractivity contribution in [3.05, 3.63) is 33.8 Å². The molecule has 0 fully saturated rings. The van der Waals surface area contributed by atoms with Crippen molar-refractivity contribution in [1.82, 2.24) is 0 Å². The molecule has 0 amide bonds. The molecule has 0 aliphatic rings. The van der Waals surface area contributed by atoms with Gasteiger partial charge in [-0.3, -0.25) is 0 Å². The Hall–Kier alpha value is -0.490. The van der Waals surface area contributed by atoms with Crippen LogP contribution in [0.1, 0.15) is 44.4 Å². The smallest absolute Gasteiger partial charge is 0.0438 e. The molecule has 0 N–H and O–H groups in total. The van der Waals surface area contributed by atoms with Crippen LogP contribution in [0.25, 0.3) is 0 Å². The average molecular weight is 215 g/mol. The van der Waals surface area contributed by atoms with Crippen LogP contribution in [-0.4, -0.2) is 0 Å². The normalized spacial score (nSPS) is 8.00. The van der Waals surface area contributed by atoms with E-state index in [1.807, 2.05) is 40.7 Å². The molecule has 0 saturated heterocycles. The lowest BCUT2D eigenvalue weighted by molar-refractivity contribution is 1.30. The number of halogens is 1. The SMILES string of the molecule is CC.CC.Cc1cc(C)c(Cl)cc1C. The molecule has 1 aromatic rings. The fourth-order valence-electron chi connectivity index (χ4n) is 0.925. The molecule has 0 radical (unpaired) electrons. The van der Waals surface area contributed by atoms with Gasteiger partial charge in [0.1, 0.15) is 0 Å². The van der Waals surface area contributed by atoms with Crippen molar-refractivity contribution in [2.45, 2.75) is 48.5 Å². The lowest BCUT2D eigenvalue weighted by Crippen LogP contribution is -1.82. The highest BCUT2D eigenvalue weighted by Crippen LogP contribution is 2.19. The van der Waals surface area contributed by atoms with Crippen molar-refractivity contribution < 1.29 is 0 Å². The summed E-state index contributed by atoms with van der Waals surface area (Å²) in [6, 6.07) is 4.11. The molecule has 82 valence electrons. The first-order valence-corrected chi connectivity index (χ1v) is 5.72. The van der Waals surface area contributed by atoms with Gasteiger partial charge >= 0.3 is 0 Å². The maximum Gasteiger partial charge on any atom is 0.0438 e. The van der Waals surface area contributed by atoms with E-state index in [-0.39, 0.29) is 0 Å². The molecule has 1 aromatic carbocycles. The summed E-state index contributed by atoms with van der Waals surface area (Å²) < 4.78 is 0. The molecule has 1 heteroatoms. The summed E-state index contributed by atoms with van der Waals surface area (Å²) in [6.07, 6.45) is 0. The van der Waals surface area contributed by atoms with Gasteiger partial charge in [0, 0.05) is 5.02 Å². The fraction of sp³-hybridized carbons (Fsp3) is 0.538. The van der Waals surface area contributed by atoms with E-state index in [2.05, 4.69) is 19.9 Å². The molecule has 0 aliphatic carbocycles. The number of hydrogen-bond acceptors (Lipinski definition) is 0. The lowest BCUT2D eigenvalue weighted by Gasteiger charge is -2.02. The number of hydrogen-bond donors (Lipinski definition) is 0. The second-order valence-corrected chi connectivity index (χ2v) is 3.09. The van der Waals surface area contributed by atoms with Crippen LogP contribution in [0.5, 0.6) is 0 Å². The molecule has 0 heterocycles. The molecule has 0 spiro atoms. The average Bonchev–Trinajstić information content (AvgIpc) is 2.21. The van der Waals surface area contributed by atoms with Crippen molar-refractivity contribution in [3.63, 3.8) is 0 Å². The van der Waals surface area contributed by atoms with E-state index in [1.54, 1.807) is 0 Å². The van der Waals surface area contributed by atoms with Crippen LogP contribution in [0, 0.1) is 20.8 Å². The van der Waals surface area contributed by atoms with Crippen LogP contribution in [0.2, 0.25) is 5.02 Å². The largest absolute Gasteiger partial charge is 0.0840 e. The molecule has 0 saturated carbocycles. The summed E-state index contributed by atoms with van der Waals surface area (Å²) in [5.41, 5.74) is 3.72. The predicted octanol–water partition coefficient (Wildman–Crippen LogP) is 5.32. The van der Waals surface area contributed by atoms with Gasteiger partial charge in [-0.15, -0.1) is 0 Å². The molecule has 0 bridgehead atoms. The highest BCUT2D eigenvalue weighted by Gasteiger charge is 1.97. The van der Waals surface area contributed by atoms with Gasteiger partial charge in [-0.1, -0.05) is 45.4 Å². The number of rotatable bonds is 0. The molecule has 0 nitrogen and oxygen atoms in total. The first-order chi connectivity index (χ1) is 6.61. The second kappa shape index (κ2) is 9.08. The van der Waals surface area contributed by atoms with Gasteiger partial charge in [0.25, 0.3) is 0 Å². The van der Waals surface area contributed by atoms with Crippen molar-refractivity contribution in [2.24, 2.45) is 0 Å². The Bertz CT molecular complexity index is 201. The maximum atomic E-state index is 5.89. The van der Waals surface area contributed by atoms with Gasteiger partial charge in [-0.05, 0) is 43.5 Å². The van der Waals surface area contributed by atoms with Crippen LogP contribution >= 0.6 is 11.6 Å². The van der Waals surface area contributed by atoms with E-state index >= 15 is 0 Å². The van der Waals surface area contributed by atoms with Gasteiger partial charge in [0.2, 0.25) is 0 Å². The van der Waals surface area contributed by atoms with Crippen LogP contribution in [0.15, 0.2) is 12.1 Å². The van der Waals surface area contributed by atoms with Crippen molar-refractivity contribution in [3.8, 4) is 0 Å². The highest BCUT2D eigenvalue weighted by molar-refractivity contribution is 6.31. The van der Waals surface area contributed by atoms with Crippen molar-refractivity contribution in [1.29, 1.82) is 0 Å². The lowest BCUT2D eigenvalue weighted by atomic mass is 10.1. The third-order valence-electron chi connectivity index (χ3n) is 1.77. The zero-order chi connectivity index (χ0) is 11.7. The van der Waals surface area contributed by atoms with Crippen molar-refractivity contribution in [2.75, 3.05) is 0 Å². The first kappa shape index (κ1) is 16.0. The Balaban J connectivity index is 0. The quantitative estimate of drug-likeness (QED) is 0.549.